The third-order valence-corrected chi connectivity index (χ3v) is 5.28. The Morgan fingerprint density at radius 3 is 2.52 bits per heavy atom. The minimum absolute atomic E-state index is 0.924. The number of hydrogen-bond donors (Lipinski definition) is 0. The molecule has 1 fully saturated rings. The summed E-state index contributed by atoms with van der Waals surface area (Å²) in [5, 5.41) is 4.33. The second-order valence-corrected chi connectivity index (χ2v) is 7.54. The van der Waals surface area contributed by atoms with Crippen LogP contribution in [-0.2, 0) is 19.6 Å². The van der Waals surface area contributed by atoms with Gasteiger partial charge in [-0.25, -0.2) is 4.68 Å². The monoisotopic (exact) mass is 360 g/mol. The number of nitrogens with zero attached hydrogens (tertiary/aromatic N) is 4. The van der Waals surface area contributed by atoms with Gasteiger partial charge in [0.25, 0.3) is 0 Å². The van der Waals surface area contributed by atoms with Crippen molar-refractivity contribution in [1.29, 1.82) is 0 Å². The molecule has 0 radical (unpaired) electrons. The number of rotatable bonds is 7. The molecule has 27 heavy (non-hydrogen) atoms. The molecule has 0 spiro atoms. The van der Waals surface area contributed by atoms with Crippen molar-refractivity contribution in [3.63, 3.8) is 0 Å². The lowest BCUT2D eigenvalue weighted by molar-refractivity contribution is 0.307. The van der Waals surface area contributed by atoms with Gasteiger partial charge in [-0.05, 0) is 67.9 Å². The summed E-state index contributed by atoms with van der Waals surface area (Å²) in [7, 11) is 2.20. The van der Waals surface area contributed by atoms with Gasteiger partial charge < -0.3 is 0 Å². The highest BCUT2D eigenvalue weighted by atomic mass is 15.3. The first-order valence-corrected chi connectivity index (χ1v) is 9.84. The predicted octanol–water partition coefficient (Wildman–Crippen LogP) is 4.10. The van der Waals surface area contributed by atoms with Crippen LogP contribution >= 0.6 is 0 Å². The van der Waals surface area contributed by atoms with E-state index in [9.17, 15) is 0 Å². The van der Waals surface area contributed by atoms with E-state index in [4.69, 9.17) is 0 Å². The van der Waals surface area contributed by atoms with Crippen molar-refractivity contribution in [1.82, 2.24) is 19.6 Å². The normalized spacial score (nSPS) is 14.9. The van der Waals surface area contributed by atoms with Crippen molar-refractivity contribution in [3.05, 3.63) is 83.7 Å². The first-order valence-electron chi connectivity index (χ1n) is 9.84. The maximum atomic E-state index is 4.33. The lowest BCUT2D eigenvalue weighted by atomic mass is 10.1. The van der Waals surface area contributed by atoms with Gasteiger partial charge in [0, 0.05) is 32.0 Å². The predicted molar refractivity (Wildman–Crippen MR) is 110 cm³/mol. The van der Waals surface area contributed by atoms with Crippen LogP contribution in [0.3, 0.4) is 0 Å². The van der Waals surface area contributed by atoms with Crippen LogP contribution in [0.15, 0.2) is 67.0 Å². The first-order chi connectivity index (χ1) is 13.3. The summed E-state index contributed by atoms with van der Waals surface area (Å²) in [4.78, 5) is 4.97. The highest BCUT2D eigenvalue weighted by Crippen LogP contribution is 2.18. The van der Waals surface area contributed by atoms with Crippen LogP contribution in [0.4, 0.5) is 0 Å². The van der Waals surface area contributed by atoms with Gasteiger partial charge in [-0.15, -0.1) is 0 Å². The second kappa shape index (κ2) is 8.51. The molecule has 0 N–H and O–H groups in total. The fourth-order valence-electron chi connectivity index (χ4n) is 3.92. The van der Waals surface area contributed by atoms with Crippen LogP contribution in [0.5, 0.6) is 0 Å². The van der Waals surface area contributed by atoms with E-state index in [0.717, 1.165) is 25.3 Å². The van der Waals surface area contributed by atoms with Gasteiger partial charge in [0.2, 0.25) is 0 Å². The van der Waals surface area contributed by atoms with E-state index < -0.39 is 0 Å². The van der Waals surface area contributed by atoms with Crippen molar-refractivity contribution in [2.75, 3.05) is 20.1 Å². The Hall–Kier alpha value is -2.43. The Labute approximate surface area is 162 Å². The largest absolute Gasteiger partial charge is 0.299 e. The lowest BCUT2D eigenvalue weighted by Gasteiger charge is -2.22. The highest BCUT2D eigenvalue weighted by molar-refractivity contribution is 5.35. The summed E-state index contributed by atoms with van der Waals surface area (Å²) in [6.45, 7) is 5.46. The van der Waals surface area contributed by atoms with Gasteiger partial charge in [0.15, 0.2) is 0 Å². The number of hydrogen-bond acceptors (Lipinski definition) is 3. The maximum absolute atomic E-state index is 4.33. The summed E-state index contributed by atoms with van der Waals surface area (Å²) >= 11 is 0. The van der Waals surface area contributed by atoms with Gasteiger partial charge in [-0.1, -0.05) is 36.4 Å². The molecule has 1 saturated heterocycles. The van der Waals surface area contributed by atoms with E-state index in [-0.39, 0.29) is 0 Å². The molecular weight excluding hydrogens is 332 g/mol. The quantitative estimate of drug-likeness (QED) is 0.634. The van der Waals surface area contributed by atoms with Crippen LogP contribution < -0.4 is 0 Å². The molecule has 2 aromatic carbocycles. The van der Waals surface area contributed by atoms with E-state index in [1.807, 2.05) is 23.1 Å². The molecule has 1 aliphatic heterocycles. The van der Waals surface area contributed by atoms with E-state index in [1.54, 1.807) is 0 Å². The van der Waals surface area contributed by atoms with Gasteiger partial charge in [-0.3, -0.25) is 9.80 Å². The second-order valence-electron chi connectivity index (χ2n) is 7.54. The van der Waals surface area contributed by atoms with Crippen molar-refractivity contribution in [2.24, 2.45) is 0 Å². The van der Waals surface area contributed by atoms with E-state index in [1.165, 1.54) is 42.6 Å². The third-order valence-electron chi connectivity index (χ3n) is 5.28. The molecule has 3 aromatic rings. The van der Waals surface area contributed by atoms with Crippen molar-refractivity contribution in [3.8, 4) is 5.69 Å². The average molecular weight is 361 g/mol. The van der Waals surface area contributed by atoms with Crippen LogP contribution in [0, 0.1) is 0 Å². The highest BCUT2D eigenvalue weighted by Gasteiger charge is 2.14. The van der Waals surface area contributed by atoms with Gasteiger partial charge in [-0.2, -0.15) is 5.10 Å². The average Bonchev–Trinajstić information content (AvgIpc) is 3.37. The molecular formula is C23H28N4. The Morgan fingerprint density at radius 2 is 1.74 bits per heavy atom. The van der Waals surface area contributed by atoms with Crippen LogP contribution in [0.2, 0.25) is 0 Å². The summed E-state index contributed by atoms with van der Waals surface area (Å²) in [6, 6.07) is 19.5. The number of likely N-dealkylation sites (tertiary alicyclic amines) is 1. The molecule has 0 aliphatic carbocycles. The Kier molecular flexibility index (Phi) is 5.66. The van der Waals surface area contributed by atoms with Crippen LogP contribution in [0.1, 0.15) is 29.5 Å². The summed E-state index contributed by atoms with van der Waals surface area (Å²) in [5.41, 5.74) is 5.33. The molecule has 0 unspecified atom stereocenters. The molecule has 4 rings (SSSR count). The standard InChI is InChI=1S/C23H28N4/c1-25(17-20-8-6-11-23(16-20)27-15-7-12-24-27)18-21-9-2-3-10-22(21)19-26-13-4-5-14-26/h2-3,6-12,15-16H,4-5,13-14,17-19H2,1H3. The minimum Gasteiger partial charge on any atom is -0.299 e. The Morgan fingerprint density at radius 1 is 0.926 bits per heavy atom. The van der Waals surface area contributed by atoms with E-state index in [2.05, 4.69) is 70.5 Å². The van der Waals surface area contributed by atoms with Gasteiger partial charge >= 0.3 is 0 Å². The summed E-state index contributed by atoms with van der Waals surface area (Å²) in [6.07, 6.45) is 6.48. The van der Waals surface area contributed by atoms with Crippen LogP contribution in [0.25, 0.3) is 5.69 Å². The fraction of sp³-hybridized carbons (Fsp3) is 0.348. The molecule has 0 saturated carbocycles. The molecule has 0 bridgehead atoms. The SMILES string of the molecule is CN(Cc1cccc(-n2cccn2)c1)Cc1ccccc1CN1CCCC1. The topological polar surface area (TPSA) is 24.3 Å². The van der Waals surface area contributed by atoms with Crippen molar-refractivity contribution in [2.45, 2.75) is 32.5 Å². The maximum Gasteiger partial charge on any atom is 0.0648 e. The molecule has 4 nitrogen and oxygen atoms in total. The zero-order chi connectivity index (χ0) is 18.5. The Bertz CT molecular complexity index is 850. The van der Waals surface area contributed by atoms with Gasteiger partial charge in [0.05, 0.1) is 5.69 Å². The number of benzene rings is 2. The third kappa shape index (κ3) is 4.65. The Balaban J connectivity index is 1.42. The van der Waals surface area contributed by atoms with E-state index in [0.29, 0.717) is 0 Å². The van der Waals surface area contributed by atoms with E-state index >= 15 is 0 Å². The summed E-state index contributed by atoms with van der Waals surface area (Å²) < 4.78 is 1.91. The molecule has 4 heteroatoms. The fourth-order valence-corrected chi connectivity index (χ4v) is 3.92. The molecule has 140 valence electrons. The number of aromatic nitrogens is 2. The van der Waals surface area contributed by atoms with Crippen molar-refractivity contribution < 1.29 is 0 Å². The first kappa shape index (κ1) is 18.0. The molecule has 1 aliphatic rings. The van der Waals surface area contributed by atoms with Crippen molar-refractivity contribution >= 4 is 0 Å². The molecule has 2 heterocycles. The smallest absolute Gasteiger partial charge is 0.0648 e. The zero-order valence-corrected chi connectivity index (χ0v) is 16.1. The lowest BCUT2D eigenvalue weighted by Crippen LogP contribution is -2.22. The minimum atomic E-state index is 0.924. The molecule has 0 atom stereocenters. The molecule has 1 aromatic heterocycles. The molecule has 0 amide bonds. The van der Waals surface area contributed by atoms with Crippen LogP contribution in [-0.4, -0.2) is 39.7 Å². The van der Waals surface area contributed by atoms with Gasteiger partial charge in [0.1, 0.15) is 0 Å². The zero-order valence-electron chi connectivity index (χ0n) is 16.1. The summed E-state index contributed by atoms with van der Waals surface area (Å²) in [5.74, 6) is 0.